The van der Waals surface area contributed by atoms with E-state index in [0.29, 0.717) is 25.4 Å². The molecule has 1 aliphatic heterocycles. The molecule has 0 radical (unpaired) electrons. The van der Waals surface area contributed by atoms with Crippen molar-refractivity contribution in [3.8, 4) is 5.75 Å². The highest BCUT2D eigenvalue weighted by atomic mass is 16.5. The van der Waals surface area contributed by atoms with Crippen molar-refractivity contribution in [3.63, 3.8) is 0 Å². The normalized spacial score (nSPS) is 14.3. The first-order chi connectivity index (χ1) is 9.13. The second kappa shape index (κ2) is 4.10. The standard InChI is InChI=1S/C13H13N3O3/c14-6-7-1-2-9-8(5-7)16(3-4-19-9)11-10(15)12(17)13(11)18/h1-2,5H,3-4,6,14-15H2. The maximum absolute atomic E-state index is 11.6. The number of hydrogen-bond acceptors (Lipinski definition) is 6. The van der Waals surface area contributed by atoms with Crippen LogP contribution in [0.5, 0.6) is 5.75 Å². The van der Waals surface area contributed by atoms with Gasteiger partial charge in [0.1, 0.15) is 23.7 Å². The molecule has 98 valence electrons. The summed E-state index contributed by atoms with van der Waals surface area (Å²) in [6, 6.07) is 5.53. The number of hydrogen-bond donors (Lipinski definition) is 2. The van der Waals surface area contributed by atoms with E-state index in [1.54, 1.807) is 4.90 Å². The predicted octanol–water partition coefficient (Wildman–Crippen LogP) is -0.146. The Hall–Kier alpha value is -2.34. The van der Waals surface area contributed by atoms with Crippen molar-refractivity contribution in [3.05, 3.63) is 44.2 Å². The van der Waals surface area contributed by atoms with Gasteiger partial charge in [-0.15, -0.1) is 0 Å². The molecule has 1 aliphatic rings. The van der Waals surface area contributed by atoms with Gasteiger partial charge in [0.05, 0.1) is 12.2 Å². The Morgan fingerprint density at radius 2 is 2.05 bits per heavy atom. The number of anilines is 3. The first-order valence-electron chi connectivity index (χ1n) is 5.95. The van der Waals surface area contributed by atoms with Crippen LogP contribution < -0.4 is 32.0 Å². The van der Waals surface area contributed by atoms with E-state index < -0.39 is 10.9 Å². The molecule has 0 saturated carbocycles. The summed E-state index contributed by atoms with van der Waals surface area (Å²) in [5, 5.41) is 0. The minimum absolute atomic E-state index is 0.0241. The maximum atomic E-state index is 11.6. The van der Waals surface area contributed by atoms with Crippen molar-refractivity contribution in [2.75, 3.05) is 23.8 Å². The van der Waals surface area contributed by atoms with Crippen molar-refractivity contribution in [2.45, 2.75) is 6.54 Å². The third-order valence-corrected chi connectivity index (χ3v) is 3.31. The second-order valence-electron chi connectivity index (χ2n) is 4.43. The van der Waals surface area contributed by atoms with E-state index in [9.17, 15) is 9.59 Å². The van der Waals surface area contributed by atoms with Gasteiger partial charge in [-0.2, -0.15) is 0 Å². The van der Waals surface area contributed by atoms with Crippen molar-refractivity contribution < 1.29 is 4.74 Å². The zero-order valence-electron chi connectivity index (χ0n) is 10.2. The van der Waals surface area contributed by atoms with E-state index in [1.165, 1.54) is 0 Å². The van der Waals surface area contributed by atoms with Crippen LogP contribution in [0, 0.1) is 0 Å². The van der Waals surface area contributed by atoms with Crippen LogP contribution in [-0.2, 0) is 6.54 Å². The minimum Gasteiger partial charge on any atom is -0.490 e. The molecule has 6 heteroatoms. The highest BCUT2D eigenvalue weighted by Crippen LogP contribution is 2.37. The predicted molar refractivity (Wildman–Crippen MR) is 72.6 cm³/mol. The fourth-order valence-corrected chi connectivity index (χ4v) is 2.29. The minimum atomic E-state index is -0.613. The Balaban J connectivity index is 2.12. The molecule has 0 amide bonds. The fourth-order valence-electron chi connectivity index (χ4n) is 2.29. The second-order valence-corrected chi connectivity index (χ2v) is 4.43. The van der Waals surface area contributed by atoms with Crippen LogP contribution in [0.15, 0.2) is 27.8 Å². The Labute approximate surface area is 108 Å². The van der Waals surface area contributed by atoms with Crippen LogP contribution in [0.2, 0.25) is 0 Å². The summed E-state index contributed by atoms with van der Waals surface area (Å²) >= 11 is 0. The summed E-state index contributed by atoms with van der Waals surface area (Å²) in [6.07, 6.45) is 0. The average molecular weight is 259 g/mol. The van der Waals surface area contributed by atoms with Gasteiger partial charge in [-0.3, -0.25) is 9.59 Å². The molecule has 2 aromatic rings. The van der Waals surface area contributed by atoms with Gasteiger partial charge in [0.15, 0.2) is 0 Å². The summed E-state index contributed by atoms with van der Waals surface area (Å²) in [5.74, 6) is 0.663. The van der Waals surface area contributed by atoms with E-state index in [0.717, 1.165) is 11.3 Å². The molecule has 19 heavy (non-hydrogen) atoms. The number of fused-ring (bicyclic) bond motifs is 1. The zero-order valence-corrected chi connectivity index (χ0v) is 10.2. The third-order valence-electron chi connectivity index (χ3n) is 3.31. The molecule has 1 heterocycles. The zero-order chi connectivity index (χ0) is 13.6. The lowest BCUT2D eigenvalue weighted by atomic mass is 10.1. The van der Waals surface area contributed by atoms with Crippen LogP contribution in [0.3, 0.4) is 0 Å². The lowest BCUT2D eigenvalue weighted by Gasteiger charge is -2.32. The SMILES string of the molecule is NCc1ccc2c(c1)N(c1c(N)c(=O)c1=O)CCO2. The fraction of sp³-hybridized carbons (Fsp3) is 0.231. The Kier molecular flexibility index (Phi) is 2.53. The average Bonchev–Trinajstić information content (AvgIpc) is 2.46. The summed E-state index contributed by atoms with van der Waals surface area (Å²) in [6.45, 7) is 1.31. The highest BCUT2D eigenvalue weighted by molar-refractivity contribution is 5.81. The summed E-state index contributed by atoms with van der Waals surface area (Å²) < 4.78 is 5.53. The van der Waals surface area contributed by atoms with E-state index in [1.807, 2.05) is 18.2 Å². The third kappa shape index (κ3) is 1.61. The van der Waals surface area contributed by atoms with Gasteiger partial charge in [-0.05, 0) is 17.7 Å². The molecule has 0 bridgehead atoms. The smallest absolute Gasteiger partial charge is 0.253 e. The number of rotatable bonds is 2. The first-order valence-corrected chi connectivity index (χ1v) is 5.95. The summed E-state index contributed by atoms with van der Waals surface area (Å²) in [7, 11) is 0. The van der Waals surface area contributed by atoms with Crippen LogP contribution >= 0.6 is 0 Å². The molecular weight excluding hydrogens is 246 g/mol. The van der Waals surface area contributed by atoms with Gasteiger partial charge in [-0.1, -0.05) is 6.07 Å². The highest BCUT2D eigenvalue weighted by Gasteiger charge is 2.28. The van der Waals surface area contributed by atoms with E-state index >= 15 is 0 Å². The van der Waals surface area contributed by atoms with Crippen LogP contribution in [-0.4, -0.2) is 13.2 Å². The van der Waals surface area contributed by atoms with Gasteiger partial charge >= 0.3 is 0 Å². The monoisotopic (exact) mass is 259 g/mol. The topological polar surface area (TPSA) is 98.6 Å². The molecule has 4 N–H and O–H groups in total. The first kappa shape index (κ1) is 11.7. The number of nitrogen functional groups attached to an aromatic ring is 1. The van der Waals surface area contributed by atoms with Gasteiger partial charge in [0.25, 0.3) is 10.9 Å². The molecule has 0 saturated heterocycles. The summed E-state index contributed by atoms with van der Waals surface area (Å²) in [5.41, 5.74) is 12.0. The van der Waals surface area contributed by atoms with Gasteiger partial charge in [-0.25, -0.2) is 0 Å². The quantitative estimate of drug-likeness (QED) is 0.728. The lowest BCUT2D eigenvalue weighted by Crippen LogP contribution is -2.43. The molecule has 0 aromatic heterocycles. The van der Waals surface area contributed by atoms with Crippen molar-refractivity contribution >= 4 is 17.1 Å². The molecule has 0 aliphatic carbocycles. The summed E-state index contributed by atoms with van der Waals surface area (Å²) in [4.78, 5) is 24.6. The maximum Gasteiger partial charge on any atom is 0.253 e. The van der Waals surface area contributed by atoms with Crippen LogP contribution in [0.4, 0.5) is 17.1 Å². The Morgan fingerprint density at radius 3 is 2.74 bits per heavy atom. The van der Waals surface area contributed by atoms with E-state index in [4.69, 9.17) is 16.2 Å². The molecule has 3 rings (SSSR count). The molecule has 6 nitrogen and oxygen atoms in total. The van der Waals surface area contributed by atoms with E-state index in [2.05, 4.69) is 0 Å². The van der Waals surface area contributed by atoms with Crippen molar-refractivity contribution in [1.29, 1.82) is 0 Å². The van der Waals surface area contributed by atoms with Crippen LogP contribution in [0.1, 0.15) is 5.56 Å². The number of ether oxygens (including phenoxy) is 1. The number of nitrogens with zero attached hydrogens (tertiary/aromatic N) is 1. The van der Waals surface area contributed by atoms with Gasteiger partial charge in [0, 0.05) is 6.54 Å². The lowest BCUT2D eigenvalue weighted by molar-refractivity contribution is 0.314. The molecule has 0 atom stereocenters. The molecular formula is C13H13N3O3. The largest absolute Gasteiger partial charge is 0.490 e. The Bertz CT molecular complexity index is 716. The molecule has 2 aromatic carbocycles. The Morgan fingerprint density at radius 1 is 1.26 bits per heavy atom. The number of nitrogens with two attached hydrogens (primary N) is 2. The van der Waals surface area contributed by atoms with Crippen molar-refractivity contribution in [1.82, 2.24) is 0 Å². The molecule has 0 unspecified atom stereocenters. The van der Waals surface area contributed by atoms with Crippen LogP contribution in [0.25, 0.3) is 0 Å². The van der Waals surface area contributed by atoms with Gasteiger partial charge in [0.2, 0.25) is 0 Å². The molecule has 0 fully saturated rings. The van der Waals surface area contributed by atoms with E-state index in [-0.39, 0.29) is 11.4 Å². The van der Waals surface area contributed by atoms with Gasteiger partial charge < -0.3 is 21.1 Å². The molecule has 0 spiro atoms. The van der Waals surface area contributed by atoms with Crippen molar-refractivity contribution in [2.24, 2.45) is 5.73 Å². The number of benzene rings is 1.